The van der Waals surface area contributed by atoms with Crippen LogP contribution in [0.15, 0.2) is 29.2 Å². The van der Waals surface area contributed by atoms with Crippen LogP contribution in [0.5, 0.6) is 0 Å². The van der Waals surface area contributed by atoms with Crippen molar-refractivity contribution in [2.24, 2.45) is 17.1 Å². The molecule has 0 radical (unpaired) electrons. The van der Waals surface area contributed by atoms with Gasteiger partial charge in [0.1, 0.15) is 0 Å². The Morgan fingerprint density at radius 2 is 1.95 bits per heavy atom. The normalized spacial score (nSPS) is 24.3. The number of hydrogen-bond acceptors (Lipinski definition) is 5. The summed E-state index contributed by atoms with van der Waals surface area (Å²) >= 11 is 0. The van der Waals surface area contributed by atoms with Crippen molar-refractivity contribution in [1.82, 2.24) is 4.31 Å². The highest BCUT2D eigenvalue weighted by molar-refractivity contribution is 7.89. The smallest absolute Gasteiger partial charge is 0.269 e. The van der Waals surface area contributed by atoms with Gasteiger partial charge < -0.3 is 5.73 Å². The number of rotatable bonds is 4. The SMILES string of the molecule is NCC1CN(S(=O)(=O)c2ccc([N+](=O)[O-])cc2)CC12CCC2. The molecule has 2 fully saturated rings. The Labute approximate surface area is 129 Å². The summed E-state index contributed by atoms with van der Waals surface area (Å²) < 4.78 is 26.9. The number of sulfonamides is 1. The molecule has 0 bridgehead atoms. The molecule has 1 unspecified atom stereocenters. The van der Waals surface area contributed by atoms with E-state index in [4.69, 9.17) is 5.73 Å². The standard InChI is InChI=1S/C14H19N3O4S/c15-8-11-9-16(10-14(11)6-1-7-14)22(20,21)13-4-2-12(3-5-13)17(18)19/h2-5,11H,1,6-10,15H2. The van der Waals surface area contributed by atoms with Crippen molar-refractivity contribution >= 4 is 15.7 Å². The van der Waals surface area contributed by atoms with Crippen molar-refractivity contribution in [3.8, 4) is 0 Å². The second-order valence-electron chi connectivity index (χ2n) is 6.20. The van der Waals surface area contributed by atoms with Crippen LogP contribution in [0, 0.1) is 21.4 Å². The summed E-state index contributed by atoms with van der Waals surface area (Å²) in [5.74, 6) is 0.203. The fraction of sp³-hybridized carbons (Fsp3) is 0.571. The fourth-order valence-corrected chi connectivity index (χ4v) is 5.16. The molecule has 0 amide bonds. The lowest BCUT2D eigenvalue weighted by atomic mass is 9.63. The number of benzene rings is 1. The lowest BCUT2D eigenvalue weighted by Gasteiger charge is -2.42. The van der Waals surface area contributed by atoms with Crippen LogP contribution in [0.2, 0.25) is 0 Å². The molecular formula is C14H19N3O4S. The Morgan fingerprint density at radius 3 is 2.36 bits per heavy atom. The van der Waals surface area contributed by atoms with Gasteiger partial charge in [0.2, 0.25) is 10.0 Å². The third kappa shape index (κ3) is 2.31. The van der Waals surface area contributed by atoms with Crippen molar-refractivity contribution < 1.29 is 13.3 Å². The van der Waals surface area contributed by atoms with Crippen LogP contribution in [0.25, 0.3) is 0 Å². The molecule has 1 aromatic rings. The highest BCUT2D eigenvalue weighted by Gasteiger charge is 2.52. The number of nitro benzene ring substituents is 1. The molecule has 8 heteroatoms. The first-order valence-electron chi connectivity index (χ1n) is 7.34. The van der Waals surface area contributed by atoms with Crippen LogP contribution in [0.4, 0.5) is 5.69 Å². The van der Waals surface area contributed by atoms with E-state index in [-0.39, 0.29) is 21.9 Å². The molecule has 2 N–H and O–H groups in total. The second kappa shape index (κ2) is 5.29. The summed E-state index contributed by atoms with van der Waals surface area (Å²) in [5, 5.41) is 10.7. The molecule has 2 aliphatic rings. The van der Waals surface area contributed by atoms with Gasteiger partial charge in [-0.2, -0.15) is 4.31 Å². The molecule has 120 valence electrons. The fourth-order valence-electron chi connectivity index (χ4n) is 3.58. The van der Waals surface area contributed by atoms with Gasteiger partial charge in [-0.05, 0) is 42.9 Å². The maximum Gasteiger partial charge on any atom is 0.269 e. The molecule has 0 aromatic heterocycles. The maximum atomic E-state index is 12.7. The van der Waals surface area contributed by atoms with E-state index < -0.39 is 14.9 Å². The summed E-state index contributed by atoms with van der Waals surface area (Å²) in [5.41, 5.74) is 5.75. The lowest BCUT2D eigenvalue weighted by molar-refractivity contribution is -0.384. The highest BCUT2D eigenvalue weighted by atomic mass is 32.2. The molecule has 1 saturated carbocycles. The van der Waals surface area contributed by atoms with E-state index >= 15 is 0 Å². The van der Waals surface area contributed by atoms with Gasteiger partial charge in [-0.3, -0.25) is 10.1 Å². The first-order chi connectivity index (χ1) is 10.4. The van der Waals surface area contributed by atoms with Crippen LogP contribution in [-0.4, -0.2) is 37.3 Å². The van der Waals surface area contributed by atoms with Gasteiger partial charge in [-0.1, -0.05) is 6.42 Å². The molecule has 1 aliphatic carbocycles. The number of nitrogens with two attached hydrogens (primary N) is 1. The molecular weight excluding hydrogens is 306 g/mol. The first-order valence-corrected chi connectivity index (χ1v) is 8.78. The third-order valence-corrected chi connectivity index (χ3v) is 6.93. The largest absolute Gasteiger partial charge is 0.330 e. The van der Waals surface area contributed by atoms with E-state index in [1.54, 1.807) is 0 Å². The van der Waals surface area contributed by atoms with Crippen LogP contribution in [-0.2, 0) is 10.0 Å². The Balaban J connectivity index is 1.85. The summed E-state index contributed by atoms with van der Waals surface area (Å²) in [6, 6.07) is 5.05. The highest BCUT2D eigenvalue weighted by Crippen LogP contribution is 2.52. The van der Waals surface area contributed by atoms with E-state index in [9.17, 15) is 18.5 Å². The van der Waals surface area contributed by atoms with Gasteiger partial charge in [-0.25, -0.2) is 8.42 Å². The predicted octanol–water partition coefficient (Wildman–Crippen LogP) is 1.34. The van der Waals surface area contributed by atoms with E-state index in [2.05, 4.69) is 0 Å². The average molecular weight is 325 g/mol. The minimum Gasteiger partial charge on any atom is -0.330 e. The van der Waals surface area contributed by atoms with E-state index in [0.717, 1.165) is 19.3 Å². The Kier molecular flexibility index (Phi) is 3.70. The Bertz CT molecular complexity index is 683. The molecule has 1 aliphatic heterocycles. The lowest BCUT2D eigenvalue weighted by Crippen LogP contribution is -2.40. The monoisotopic (exact) mass is 325 g/mol. The molecule has 3 rings (SSSR count). The van der Waals surface area contributed by atoms with Crippen LogP contribution >= 0.6 is 0 Å². The zero-order valence-corrected chi connectivity index (χ0v) is 13.0. The predicted molar refractivity (Wildman–Crippen MR) is 80.7 cm³/mol. The van der Waals surface area contributed by atoms with Crippen LogP contribution in [0.3, 0.4) is 0 Å². The van der Waals surface area contributed by atoms with Gasteiger partial charge in [0.15, 0.2) is 0 Å². The van der Waals surface area contributed by atoms with Crippen LogP contribution < -0.4 is 5.73 Å². The summed E-state index contributed by atoms with van der Waals surface area (Å²) in [6.45, 7) is 1.44. The number of hydrogen-bond donors (Lipinski definition) is 1. The van der Waals surface area contributed by atoms with Crippen molar-refractivity contribution in [3.05, 3.63) is 34.4 Å². The van der Waals surface area contributed by atoms with Crippen molar-refractivity contribution in [3.63, 3.8) is 0 Å². The molecule has 1 heterocycles. The maximum absolute atomic E-state index is 12.7. The van der Waals surface area contributed by atoms with E-state index in [1.165, 1.54) is 28.6 Å². The second-order valence-corrected chi connectivity index (χ2v) is 8.14. The van der Waals surface area contributed by atoms with Gasteiger partial charge in [0.05, 0.1) is 9.82 Å². The average Bonchev–Trinajstić information content (AvgIpc) is 2.88. The first kappa shape index (κ1) is 15.4. The Morgan fingerprint density at radius 1 is 1.32 bits per heavy atom. The van der Waals surface area contributed by atoms with Gasteiger partial charge in [-0.15, -0.1) is 0 Å². The minimum atomic E-state index is -3.62. The quantitative estimate of drug-likeness (QED) is 0.664. The van der Waals surface area contributed by atoms with Gasteiger partial charge in [0, 0.05) is 25.2 Å². The van der Waals surface area contributed by atoms with Crippen LogP contribution in [0.1, 0.15) is 19.3 Å². The van der Waals surface area contributed by atoms with Crippen molar-refractivity contribution in [1.29, 1.82) is 0 Å². The topological polar surface area (TPSA) is 107 Å². The molecule has 1 aromatic carbocycles. The van der Waals surface area contributed by atoms with E-state index in [1.807, 2.05) is 0 Å². The summed E-state index contributed by atoms with van der Waals surface area (Å²) in [4.78, 5) is 10.2. The minimum absolute atomic E-state index is 0.0442. The van der Waals surface area contributed by atoms with E-state index in [0.29, 0.717) is 19.6 Å². The summed E-state index contributed by atoms with van der Waals surface area (Å²) in [6.07, 6.45) is 3.18. The van der Waals surface area contributed by atoms with Gasteiger partial charge in [0.25, 0.3) is 5.69 Å². The van der Waals surface area contributed by atoms with Gasteiger partial charge >= 0.3 is 0 Å². The molecule has 22 heavy (non-hydrogen) atoms. The number of nitro groups is 1. The number of nitrogens with zero attached hydrogens (tertiary/aromatic N) is 2. The van der Waals surface area contributed by atoms with Crippen molar-refractivity contribution in [2.45, 2.75) is 24.2 Å². The molecule has 1 spiro atoms. The Hall–Kier alpha value is -1.51. The van der Waals surface area contributed by atoms with Crippen molar-refractivity contribution in [2.75, 3.05) is 19.6 Å². The summed E-state index contributed by atoms with van der Waals surface area (Å²) in [7, 11) is -3.62. The third-order valence-electron chi connectivity index (χ3n) is 5.10. The number of non-ortho nitro benzene ring substituents is 1. The molecule has 1 saturated heterocycles. The zero-order valence-electron chi connectivity index (χ0n) is 12.1. The molecule has 7 nitrogen and oxygen atoms in total. The zero-order chi connectivity index (χ0) is 16.0. The molecule has 1 atom stereocenters.